The van der Waals surface area contributed by atoms with Gasteiger partial charge in [0, 0.05) is 25.3 Å². The number of carboxylic acids is 1. The summed E-state index contributed by atoms with van der Waals surface area (Å²) in [6, 6.07) is 10.9. The summed E-state index contributed by atoms with van der Waals surface area (Å²) < 4.78 is 0. The van der Waals surface area contributed by atoms with Gasteiger partial charge in [0.25, 0.3) is 0 Å². The number of benzene rings is 1. The zero-order valence-corrected chi connectivity index (χ0v) is 22.1. The molecule has 0 spiro atoms. The molecule has 0 aliphatic carbocycles. The maximum Gasteiger partial charge on any atom is 0.303 e. The normalized spacial score (nSPS) is 16.9. The van der Waals surface area contributed by atoms with Gasteiger partial charge in [0.15, 0.2) is 5.17 Å². The van der Waals surface area contributed by atoms with E-state index >= 15 is 0 Å². The maximum atomic E-state index is 10.3. The molecule has 0 bridgehead atoms. The number of hydrogen-bond acceptors (Lipinski definition) is 4. The van der Waals surface area contributed by atoms with Gasteiger partial charge in [0.05, 0.1) is 6.04 Å². The molecule has 4 nitrogen and oxygen atoms in total. The zero-order valence-electron chi connectivity index (χ0n) is 21.3. The van der Waals surface area contributed by atoms with Crippen molar-refractivity contribution in [2.45, 2.75) is 103 Å². The predicted molar refractivity (Wildman–Crippen MR) is 148 cm³/mol. The van der Waals surface area contributed by atoms with E-state index in [-0.39, 0.29) is 0 Å². The number of hydrogen-bond donors (Lipinski definition) is 1. The lowest BCUT2D eigenvalue weighted by Gasteiger charge is -2.12. The molecule has 1 aromatic rings. The molecule has 34 heavy (non-hydrogen) atoms. The van der Waals surface area contributed by atoms with Gasteiger partial charge in [-0.05, 0) is 37.7 Å². The minimum atomic E-state index is -0.664. The highest BCUT2D eigenvalue weighted by Crippen LogP contribution is 2.31. The summed E-state index contributed by atoms with van der Waals surface area (Å²) in [5.74, 6) is 0.544. The average molecular weight is 487 g/mol. The van der Waals surface area contributed by atoms with Gasteiger partial charge in [0.1, 0.15) is 0 Å². The van der Waals surface area contributed by atoms with Crippen LogP contribution >= 0.6 is 11.8 Å². The molecular formula is C29H46N2O2S. The van der Waals surface area contributed by atoms with Crippen molar-refractivity contribution < 1.29 is 9.90 Å². The SMILES string of the molecule is CCCCCCCC/C=C\CCCCCCCC(=O)O.c1ccc([C@H]2CN3CCSC3=N2)cc1. The van der Waals surface area contributed by atoms with E-state index in [4.69, 9.17) is 10.1 Å². The molecule has 0 unspecified atom stereocenters. The van der Waals surface area contributed by atoms with Gasteiger partial charge in [-0.3, -0.25) is 9.79 Å². The van der Waals surface area contributed by atoms with Crippen molar-refractivity contribution in [2.24, 2.45) is 4.99 Å². The Bertz CT molecular complexity index is 720. The van der Waals surface area contributed by atoms with Gasteiger partial charge in [-0.15, -0.1) is 0 Å². The van der Waals surface area contributed by atoms with Crippen molar-refractivity contribution in [3.05, 3.63) is 48.0 Å². The zero-order chi connectivity index (χ0) is 24.3. The van der Waals surface area contributed by atoms with Crippen LogP contribution in [-0.4, -0.2) is 40.0 Å². The minimum Gasteiger partial charge on any atom is -0.481 e. The molecule has 1 N–H and O–H groups in total. The summed E-state index contributed by atoms with van der Waals surface area (Å²) in [7, 11) is 0. The summed E-state index contributed by atoms with van der Waals surface area (Å²) >= 11 is 1.89. The number of carboxylic acid groups (broad SMARTS) is 1. The average Bonchev–Trinajstić information content (AvgIpc) is 3.45. The Hall–Kier alpha value is -1.75. The molecule has 2 aliphatic heterocycles. The lowest BCUT2D eigenvalue weighted by molar-refractivity contribution is -0.137. The molecule has 190 valence electrons. The standard InChI is InChI=1S/C18H34O2.C11H12N2S/c1-2-3-4-5-6-7-8-9-10-11-12-13-14-15-16-17-18(19)20;1-2-4-9(5-3-1)10-8-13-6-7-14-11(13)12-10/h9-10H,2-8,11-17H2,1H3,(H,19,20);1-5,10H,6-8H2/b10-9-;/t;10-/m.1/s1. The fourth-order valence-corrected chi connectivity index (χ4v) is 5.35. The van der Waals surface area contributed by atoms with E-state index in [0.29, 0.717) is 12.5 Å². The smallest absolute Gasteiger partial charge is 0.303 e. The van der Waals surface area contributed by atoms with Crippen LogP contribution in [0, 0.1) is 0 Å². The summed E-state index contributed by atoms with van der Waals surface area (Å²) in [4.78, 5) is 17.4. The highest BCUT2D eigenvalue weighted by Gasteiger charge is 2.29. The number of rotatable bonds is 16. The number of unbranched alkanes of at least 4 members (excludes halogenated alkanes) is 11. The number of carbonyl (C=O) groups is 1. The molecule has 0 aromatic heterocycles. The first kappa shape index (κ1) is 28.5. The number of nitrogens with zero attached hydrogens (tertiary/aromatic N) is 2. The number of aliphatic imine (C=N–C) groups is 1. The molecule has 0 amide bonds. The van der Waals surface area contributed by atoms with Gasteiger partial charge >= 0.3 is 5.97 Å². The Morgan fingerprint density at radius 1 is 0.971 bits per heavy atom. The number of aliphatic carboxylic acids is 1. The van der Waals surface area contributed by atoms with Crippen LogP contribution in [0.5, 0.6) is 0 Å². The van der Waals surface area contributed by atoms with Crippen molar-refractivity contribution in [1.82, 2.24) is 4.90 Å². The van der Waals surface area contributed by atoms with Gasteiger partial charge in [0.2, 0.25) is 0 Å². The first-order chi connectivity index (χ1) is 16.7. The van der Waals surface area contributed by atoms with E-state index in [1.807, 2.05) is 11.8 Å². The molecular weight excluding hydrogens is 440 g/mol. The summed E-state index contributed by atoms with van der Waals surface area (Å²) in [5.41, 5.74) is 1.34. The molecule has 2 heterocycles. The second kappa shape index (κ2) is 18.6. The Balaban J connectivity index is 0.000000252. The first-order valence-corrected chi connectivity index (χ1v) is 14.6. The van der Waals surface area contributed by atoms with Crippen LogP contribution < -0.4 is 0 Å². The highest BCUT2D eigenvalue weighted by atomic mass is 32.2. The molecule has 1 aromatic carbocycles. The quantitative estimate of drug-likeness (QED) is 0.189. The van der Waals surface area contributed by atoms with Crippen LogP contribution in [0.2, 0.25) is 0 Å². The summed E-state index contributed by atoms with van der Waals surface area (Å²) in [5, 5.41) is 9.76. The van der Waals surface area contributed by atoms with Crippen LogP contribution in [0.15, 0.2) is 47.5 Å². The monoisotopic (exact) mass is 486 g/mol. The third kappa shape index (κ3) is 12.6. The Kier molecular flexibility index (Phi) is 15.6. The van der Waals surface area contributed by atoms with E-state index in [9.17, 15) is 4.79 Å². The molecule has 1 saturated heterocycles. The van der Waals surface area contributed by atoms with E-state index in [2.05, 4.69) is 54.3 Å². The molecule has 2 aliphatic rings. The fraction of sp³-hybridized carbons (Fsp3) is 0.655. The van der Waals surface area contributed by atoms with Crippen molar-refractivity contribution in [1.29, 1.82) is 0 Å². The molecule has 3 rings (SSSR count). The van der Waals surface area contributed by atoms with Crippen LogP contribution in [0.25, 0.3) is 0 Å². The van der Waals surface area contributed by atoms with Crippen LogP contribution in [0.1, 0.15) is 108 Å². The van der Waals surface area contributed by atoms with Crippen molar-refractivity contribution in [2.75, 3.05) is 18.8 Å². The fourth-order valence-electron chi connectivity index (χ4n) is 4.31. The number of amidine groups is 1. The lowest BCUT2D eigenvalue weighted by Crippen LogP contribution is -2.21. The second-order valence-electron chi connectivity index (χ2n) is 9.36. The van der Waals surface area contributed by atoms with Crippen molar-refractivity contribution >= 4 is 22.9 Å². The third-order valence-corrected chi connectivity index (χ3v) is 7.37. The highest BCUT2D eigenvalue weighted by molar-refractivity contribution is 8.14. The van der Waals surface area contributed by atoms with Gasteiger partial charge < -0.3 is 10.0 Å². The summed E-state index contributed by atoms with van der Waals surface area (Å²) in [6.07, 6.45) is 21.2. The van der Waals surface area contributed by atoms with Crippen LogP contribution in [0.4, 0.5) is 0 Å². The topological polar surface area (TPSA) is 52.9 Å². The van der Waals surface area contributed by atoms with E-state index in [0.717, 1.165) is 19.4 Å². The maximum absolute atomic E-state index is 10.3. The number of thioether (sulfide) groups is 1. The van der Waals surface area contributed by atoms with Gasteiger partial charge in [-0.25, -0.2) is 0 Å². The lowest BCUT2D eigenvalue weighted by atomic mass is 10.1. The minimum absolute atomic E-state index is 0.332. The molecule has 5 heteroatoms. The second-order valence-corrected chi connectivity index (χ2v) is 10.4. The van der Waals surface area contributed by atoms with Gasteiger partial charge in [-0.2, -0.15) is 0 Å². The van der Waals surface area contributed by atoms with Crippen LogP contribution in [-0.2, 0) is 4.79 Å². The predicted octanol–water partition coefficient (Wildman–Crippen LogP) is 8.25. The number of fused-ring (bicyclic) bond motifs is 1. The summed E-state index contributed by atoms with van der Waals surface area (Å²) in [6.45, 7) is 4.51. The van der Waals surface area contributed by atoms with Crippen molar-refractivity contribution in [3.63, 3.8) is 0 Å². The third-order valence-electron chi connectivity index (χ3n) is 6.36. The Morgan fingerprint density at radius 2 is 1.59 bits per heavy atom. The number of allylic oxidation sites excluding steroid dienone is 2. The van der Waals surface area contributed by atoms with Crippen LogP contribution in [0.3, 0.4) is 0 Å². The molecule has 0 saturated carbocycles. The Morgan fingerprint density at radius 3 is 2.21 bits per heavy atom. The van der Waals surface area contributed by atoms with E-state index in [1.165, 1.54) is 93.7 Å². The molecule has 0 radical (unpaired) electrons. The first-order valence-electron chi connectivity index (χ1n) is 13.6. The Labute approximate surface area is 212 Å². The molecule has 1 atom stereocenters. The molecule has 1 fully saturated rings. The van der Waals surface area contributed by atoms with Crippen molar-refractivity contribution in [3.8, 4) is 0 Å². The van der Waals surface area contributed by atoms with E-state index < -0.39 is 5.97 Å². The largest absolute Gasteiger partial charge is 0.481 e. The van der Waals surface area contributed by atoms with Gasteiger partial charge in [-0.1, -0.05) is 113 Å². The van der Waals surface area contributed by atoms with E-state index in [1.54, 1.807) is 0 Å².